The van der Waals surface area contributed by atoms with Crippen molar-refractivity contribution in [2.24, 2.45) is 0 Å². The van der Waals surface area contributed by atoms with E-state index in [0.717, 1.165) is 0 Å². The molecule has 0 amide bonds. The molecule has 0 bridgehead atoms. The summed E-state index contributed by atoms with van der Waals surface area (Å²) in [6.45, 7) is -0.146. The molecule has 0 aliphatic carbocycles. The van der Waals surface area contributed by atoms with Gasteiger partial charge in [0.1, 0.15) is 0 Å². The zero-order valence-corrected chi connectivity index (χ0v) is 17.2. The average Bonchev–Trinajstić information content (AvgIpc) is 2.64. The fourth-order valence-corrected chi connectivity index (χ4v) is 3.51. The number of alkyl halides is 17. The van der Waals surface area contributed by atoms with Gasteiger partial charge in [-0.2, -0.15) is 74.6 Å². The van der Waals surface area contributed by atoms with E-state index < -0.39 is 68.7 Å². The van der Waals surface area contributed by atoms with Crippen molar-refractivity contribution in [2.75, 3.05) is 14.2 Å². The van der Waals surface area contributed by atoms with E-state index in [2.05, 4.69) is 8.85 Å². The molecule has 33 heavy (non-hydrogen) atoms. The zero-order valence-electron chi connectivity index (χ0n) is 16.2. The molecule has 0 rings (SSSR count). The van der Waals surface area contributed by atoms with Gasteiger partial charge in [0.2, 0.25) is 0 Å². The summed E-state index contributed by atoms with van der Waals surface area (Å²) in [7, 11) is -5.78. The highest BCUT2D eigenvalue weighted by Gasteiger charge is 2.94. The number of rotatable bonds is 11. The van der Waals surface area contributed by atoms with Crippen molar-refractivity contribution >= 4 is 8.56 Å². The van der Waals surface area contributed by atoms with Gasteiger partial charge in [0.25, 0.3) is 0 Å². The van der Waals surface area contributed by atoms with E-state index >= 15 is 0 Å². The molecule has 0 atom stereocenters. The van der Waals surface area contributed by atoms with Crippen LogP contribution in [0.2, 0.25) is 6.55 Å². The molecule has 0 unspecified atom stereocenters. The molecule has 0 aliphatic rings. The second-order valence-electron chi connectivity index (χ2n) is 6.62. The lowest BCUT2D eigenvalue weighted by molar-refractivity contribution is -0.438. The molecule has 0 fully saturated rings. The fraction of sp³-hybridized carbons (Fsp3) is 1.00. The van der Waals surface area contributed by atoms with Gasteiger partial charge in [-0.05, 0) is 6.55 Å². The zero-order chi connectivity index (χ0) is 27.3. The van der Waals surface area contributed by atoms with Crippen LogP contribution in [0.1, 0.15) is 12.8 Å². The minimum absolute atomic E-state index is 0.125. The van der Waals surface area contributed by atoms with Crippen LogP contribution in [0.4, 0.5) is 74.6 Å². The first-order valence-corrected chi connectivity index (χ1v) is 10.2. The SMILES string of the molecule is CO[Si](C)(OC)C(F)(F)C(F)(F)C(F)(F)C(F)(F)C(F)(F)C(F)(F)C(F)(F)CCC(F)(F)F. The van der Waals surface area contributed by atoms with Crippen LogP contribution in [0, 0.1) is 0 Å². The Bertz CT molecular complexity index is 683. The van der Waals surface area contributed by atoms with Crippen LogP contribution in [0.3, 0.4) is 0 Å². The van der Waals surface area contributed by atoms with Crippen molar-refractivity contribution in [3.05, 3.63) is 0 Å². The Morgan fingerprint density at radius 3 is 1.09 bits per heavy atom. The monoisotopic (exact) mass is 552 g/mol. The minimum atomic E-state index is -8.38. The predicted molar refractivity (Wildman–Crippen MR) is 75.6 cm³/mol. The number of halogens is 17. The topological polar surface area (TPSA) is 18.5 Å². The lowest BCUT2D eigenvalue weighted by atomic mass is 9.90. The highest BCUT2D eigenvalue weighted by atomic mass is 28.4. The van der Waals surface area contributed by atoms with Gasteiger partial charge in [0.15, 0.2) is 0 Å². The van der Waals surface area contributed by atoms with Crippen LogP contribution in [-0.4, -0.2) is 70.0 Å². The van der Waals surface area contributed by atoms with Gasteiger partial charge < -0.3 is 8.85 Å². The maximum Gasteiger partial charge on any atom is 0.418 e. The molecule has 0 aromatic carbocycles. The smallest absolute Gasteiger partial charge is 0.394 e. The van der Waals surface area contributed by atoms with Crippen molar-refractivity contribution in [2.45, 2.75) is 66.6 Å². The molecule has 2 nitrogen and oxygen atoms in total. The first kappa shape index (κ1) is 31.9. The second-order valence-corrected chi connectivity index (χ2v) is 9.96. The first-order chi connectivity index (χ1) is 14.1. The summed E-state index contributed by atoms with van der Waals surface area (Å²) in [5.74, 6) is -47.3. The molecule has 0 saturated carbocycles. The molecule has 0 spiro atoms. The van der Waals surface area contributed by atoms with Crippen LogP contribution in [0.5, 0.6) is 0 Å². The average molecular weight is 552 g/mol. The van der Waals surface area contributed by atoms with Crippen molar-refractivity contribution in [1.82, 2.24) is 0 Å². The highest BCUT2D eigenvalue weighted by Crippen LogP contribution is 2.63. The summed E-state index contributed by atoms with van der Waals surface area (Å²) in [6.07, 6.45) is -12.1. The molecule has 0 N–H and O–H groups in total. The third kappa shape index (κ3) is 4.62. The Balaban J connectivity index is 6.68. The van der Waals surface area contributed by atoms with Crippen LogP contribution >= 0.6 is 0 Å². The second kappa shape index (κ2) is 8.56. The standard InChI is InChI=1S/C13H13F17O2Si/c1-31-33(3,32-2)13(29,30)12(27,28)11(25,26)10(23,24)9(21,22)8(19,20)6(14,15)4-5-7(16,17)18/h4-5H2,1-3H3. The summed E-state index contributed by atoms with van der Waals surface area (Å²) >= 11 is 0. The van der Waals surface area contributed by atoms with E-state index in [4.69, 9.17) is 0 Å². The van der Waals surface area contributed by atoms with Crippen molar-refractivity contribution < 1.29 is 83.5 Å². The Kier molecular flexibility index (Phi) is 8.29. The van der Waals surface area contributed by atoms with Gasteiger partial charge in [0, 0.05) is 27.1 Å². The molecular formula is C13H13F17O2Si. The molecule has 0 aromatic rings. The predicted octanol–water partition coefficient (Wildman–Crippen LogP) is 6.68. The Hall–Kier alpha value is -1.05. The normalized spacial score (nSPS) is 16.4. The lowest BCUT2D eigenvalue weighted by Crippen LogP contribution is -2.76. The van der Waals surface area contributed by atoms with Gasteiger partial charge in [0.05, 0.1) is 0 Å². The van der Waals surface area contributed by atoms with Crippen LogP contribution in [-0.2, 0) is 8.85 Å². The highest BCUT2D eigenvalue weighted by molar-refractivity contribution is 6.68. The minimum Gasteiger partial charge on any atom is -0.394 e. The Labute approximate surface area is 174 Å². The quantitative estimate of drug-likeness (QED) is 0.211. The molecule has 0 saturated heterocycles. The van der Waals surface area contributed by atoms with E-state index in [-0.39, 0.29) is 20.8 Å². The van der Waals surface area contributed by atoms with Gasteiger partial charge in [-0.15, -0.1) is 0 Å². The molecular weight excluding hydrogens is 539 g/mol. The van der Waals surface area contributed by atoms with E-state index in [0.29, 0.717) is 0 Å². The van der Waals surface area contributed by atoms with E-state index in [1.165, 1.54) is 0 Å². The van der Waals surface area contributed by atoms with Gasteiger partial charge >= 0.3 is 55.8 Å². The van der Waals surface area contributed by atoms with E-state index in [9.17, 15) is 74.6 Å². The Morgan fingerprint density at radius 1 is 0.485 bits per heavy atom. The molecule has 0 aromatic heterocycles. The lowest BCUT2D eigenvalue weighted by Gasteiger charge is -2.44. The summed E-state index contributed by atoms with van der Waals surface area (Å²) in [5.41, 5.74) is -6.58. The summed E-state index contributed by atoms with van der Waals surface area (Å²) in [5, 5.41) is 0. The third-order valence-corrected chi connectivity index (χ3v) is 7.52. The first-order valence-electron chi connectivity index (χ1n) is 7.89. The maximum absolute atomic E-state index is 14.0. The maximum atomic E-state index is 14.0. The van der Waals surface area contributed by atoms with E-state index in [1.807, 2.05) is 0 Å². The summed E-state index contributed by atoms with van der Waals surface area (Å²) in [4.78, 5) is 0. The van der Waals surface area contributed by atoms with Crippen molar-refractivity contribution in [3.8, 4) is 0 Å². The van der Waals surface area contributed by atoms with Crippen molar-refractivity contribution in [3.63, 3.8) is 0 Å². The van der Waals surface area contributed by atoms with Gasteiger partial charge in [-0.1, -0.05) is 0 Å². The number of hydrogen-bond acceptors (Lipinski definition) is 2. The molecule has 200 valence electrons. The van der Waals surface area contributed by atoms with Crippen LogP contribution in [0.25, 0.3) is 0 Å². The van der Waals surface area contributed by atoms with Crippen LogP contribution in [0.15, 0.2) is 0 Å². The molecule has 0 radical (unpaired) electrons. The van der Waals surface area contributed by atoms with Crippen molar-refractivity contribution in [1.29, 1.82) is 0 Å². The summed E-state index contributed by atoms with van der Waals surface area (Å²) < 4.78 is 235. The third-order valence-electron chi connectivity index (χ3n) is 4.50. The van der Waals surface area contributed by atoms with E-state index in [1.54, 1.807) is 0 Å². The fourth-order valence-electron chi connectivity index (χ4n) is 2.10. The largest absolute Gasteiger partial charge is 0.418 e. The Morgan fingerprint density at radius 2 is 0.788 bits per heavy atom. The molecule has 0 aliphatic heterocycles. The molecule has 0 heterocycles. The summed E-state index contributed by atoms with van der Waals surface area (Å²) in [6, 6.07) is 0. The van der Waals surface area contributed by atoms with Gasteiger partial charge in [-0.25, -0.2) is 0 Å². The molecule has 20 heteroatoms. The number of hydrogen-bond donors (Lipinski definition) is 0. The van der Waals surface area contributed by atoms with Gasteiger partial charge in [-0.3, -0.25) is 0 Å². The van der Waals surface area contributed by atoms with Crippen LogP contribution < -0.4 is 0 Å².